The number of hydrogen-bond acceptors (Lipinski definition) is 2. The Labute approximate surface area is 77.2 Å². The molecule has 0 atom stereocenters. The van der Waals surface area contributed by atoms with Gasteiger partial charge in [0.15, 0.2) is 6.39 Å². The Hall–Kier alpha value is -1.57. The maximum Gasteiger partial charge on any atom is 0.181 e. The zero-order chi connectivity index (χ0) is 9.10. The van der Waals surface area contributed by atoms with E-state index in [9.17, 15) is 0 Å². The van der Waals surface area contributed by atoms with E-state index in [4.69, 9.17) is 4.42 Å². The van der Waals surface area contributed by atoms with Gasteiger partial charge in [-0.25, -0.2) is 4.98 Å². The number of benzene rings is 1. The molecule has 0 unspecified atom stereocenters. The summed E-state index contributed by atoms with van der Waals surface area (Å²) in [4.78, 5) is 4.14. The fourth-order valence-corrected chi connectivity index (χ4v) is 1.29. The molecule has 0 saturated heterocycles. The van der Waals surface area contributed by atoms with Gasteiger partial charge >= 0.3 is 0 Å². The Kier molecular flexibility index (Phi) is 2.13. The molecule has 1 aromatic heterocycles. The van der Waals surface area contributed by atoms with E-state index in [1.165, 1.54) is 12.0 Å². The molecule has 0 N–H and O–H groups in total. The summed E-state index contributed by atoms with van der Waals surface area (Å²) >= 11 is 0. The van der Waals surface area contributed by atoms with Crippen LogP contribution in [0.2, 0.25) is 0 Å². The summed E-state index contributed by atoms with van der Waals surface area (Å²) in [5.74, 6) is 0.906. The van der Waals surface area contributed by atoms with Gasteiger partial charge in [0.05, 0.1) is 5.69 Å². The molecule has 66 valence electrons. The van der Waals surface area contributed by atoms with Crippen LogP contribution in [0, 0.1) is 6.92 Å². The van der Waals surface area contributed by atoms with Gasteiger partial charge in [-0.2, -0.15) is 0 Å². The number of nitrogens with zero attached hydrogens (tertiary/aromatic N) is 1. The van der Waals surface area contributed by atoms with Gasteiger partial charge in [-0.15, -0.1) is 0 Å². The first kappa shape index (κ1) is 8.05. The van der Waals surface area contributed by atoms with Crippen molar-refractivity contribution in [3.8, 4) is 0 Å². The smallest absolute Gasteiger partial charge is 0.181 e. The molecule has 0 fully saturated rings. The van der Waals surface area contributed by atoms with Crippen molar-refractivity contribution < 1.29 is 4.42 Å². The Morgan fingerprint density at radius 3 is 2.62 bits per heavy atom. The molecule has 0 radical (unpaired) electrons. The molecular weight excluding hydrogens is 162 g/mol. The summed E-state index contributed by atoms with van der Waals surface area (Å²) in [5, 5.41) is 0. The highest BCUT2D eigenvalue weighted by Gasteiger charge is 2.02. The second-order valence-electron chi connectivity index (χ2n) is 3.02. The van der Waals surface area contributed by atoms with E-state index in [0.29, 0.717) is 0 Å². The molecule has 0 aliphatic heterocycles. The van der Waals surface area contributed by atoms with Gasteiger partial charge in [0.1, 0.15) is 5.76 Å². The molecule has 0 bridgehead atoms. The van der Waals surface area contributed by atoms with Gasteiger partial charge in [-0.1, -0.05) is 30.3 Å². The van der Waals surface area contributed by atoms with Crippen molar-refractivity contribution in [3.63, 3.8) is 0 Å². The number of rotatable bonds is 2. The van der Waals surface area contributed by atoms with E-state index in [1.807, 2.05) is 25.1 Å². The van der Waals surface area contributed by atoms with Crippen LogP contribution in [0.1, 0.15) is 17.0 Å². The summed E-state index contributed by atoms with van der Waals surface area (Å²) in [6.07, 6.45) is 2.34. The fraction of sp³-hybridized carbons (Fsp3) is 0.182. The van der Waals surface area contributed by atoms with E-state index < -0.39 is 0 Å². The van der Waals surface area contributed by atoms with E-state index in [2.05, 4.69) is 17.1 Å². The van der Waals surface area contributed by atoms with Crippen LogP contribution in [-0.2, 0) is 6.42 Å². The van der Waals surface area contributed by atoms with Crippen LogP contribution in [0.5, 0.6) is 0 Å². The van der Waals surface area contributed by atoms with Crippen LogP contribution in [0.3, 0.4) is 0 Å². The van der Waals surface area contributed by atoms with Gasteiger partial charge in [-0.3, -0.25) is 0 Å². The van der Waals surface area contributed by atoms with Crippen LogP contribution >= 0.6 is 0 Å². The van der Waals surface area contributed by atoms with Crippen molar-refractivity contribution in [2.45, 2.75) is 13.3 Å². The molecule has 2 aromatic rings. The third kappa shape index (κ3) is 1.78. The Balaban J connectivity index is 2.20. The topological polar surface area (TPSA) is 26.0 Å². The summed E-state index contributed by atoms with van der Waals surface area (Å²) in [6, 6.07) is 10.3. The molecule has 0 spiro atoms. The monoisotopic (exact) mass is 173 g/mol. The number of hydrogen-bond donors (Lipinski definition) is 0. The maximum absolute atomic E-state index is 5.13. The molecule has 2 heteroatoms. The minimum absolute atomic E-state index is 0.850. The molecule has 0 amide bonds. The Morgan fingerprint density at radius 1 is 1.23 bits per heavy atom. The van der Waals surface area contributed by atoms with Crippen molar-refractivity contribution in [2.24, 2.45) is 0 Å². The first-order chi connectivity index (χ1) is 6.36. The lowest BCUT2D eigenvalue weighted by Gasteiger charge is -1.97. The molecular formula is C11H11NO. The lowest BCUT2D eigenvalue weighted by atomic mass is 10.1. The molecule has 13 heavy (non-hydrogen) atoms. The Bertz CT molecular complexity index is 378. The third-order valence-corrected chi connectivity index (χ3v) is 2.06. The predicted molar refractivity (Wildman–Crippen MR) is 50.5 cm³/mol. The number of oxazole rings is 1. The quantitative estimate of drug-likeness (QED) is 0.697. The van der Waals surface area contributed by atoms with E-state index >= 15 is 0 Å². The van der Waals surface area contributed by atoms with Crippen LogP contribution in [0.15, 0.2) is 41.1 Å². The van der Waals surface area contributed by atoms with Gasteiger partial charge in [-0.05, 0) is 12.5 Å². The molecule has 2 rings (SSSR count). The van der Waals surface area contributed by atoms with Crippen molar-refractivity contribution in [1.82, 2.24) is 4.98 Å². The van der Waals surface area contributed by atoms with Crippen molar-refractivity contribution in [1.29, 1.82) is 0 Å². The molecule has 1 heterocycles. The largest absolute Gasteiger partial charge is 0.449 e. The lowest BCUT2D eigenvalue weighted by Crippen LogP contribution is -1.89. The van der Waals surface area contributed by atoms with Crippen molar-refractivity contribution in [3.05, 3.63) is 53.7 Å². The van der Waals surface area contributed by atoms with Gasteiger partial charge in [0.25, 0.3) is 0 Å². The predicted octanol–water partition coefficient (Wildman–Crippen LogP) is 2.57. The van der Waals surface area contributed by atoms with Crippen molar-refractivity contribution in [2.75, 3.05) is 0 Å². The van der Waals surface area contributed by atoms with Crippen LogP contribution in [0.4, 0.5) is 0 Å². The molecule has 1 aromatic carbocycles. The highest BCUT2D eigenvalue weighted by molar-refractivity contribution is 5.22. The summed E-state index contributed by atoms with van der Waals surface area (Å²) < 4.78 is 5.13. The summed E-state index contributed by atoms with van der Waals surface area (Å²) in [5.41, 5.74) is 2.28. The van der Waals surface area contributed by atoms with Crippen LogP contribution in [0.25, 0.3) is 0 Å². The zero-order valence-corrected chi connectivity index (χ0v) is 7.53. The first-order valence-corrected chi connectivity index (χ1v) is 4.29. The van der Waals surface area contributed by atoms with Gasteiger partial charge in [0.2, 0.25) is 0 Å². The lowest BCUT2D eigenvalue weighted by molar-refractivity contribution is 0.525. The average molecular weight is 173 g/mol. The summed E-state index contributed by atoms with van der Waals surface area (Å²) in [7, 11) is 0. The van der Waals surface area contributed by atoms with Crippen molar-refractivity contribution >= 4 is 0 Å². The van der Waals surface area contributed by atoms with Crippen LogP contribution in [-0.4, -0.2) is 4.98 Å². The average Bonchev–Trinajstić information content (AvgIpc) is 2.54. The molecule has 0 aliphatic rings. The van der Waals surface area contributed by atoms with Crippen LogP contribution < -0.4 is 0 Å². The maximum atomic E-state index is 5.13. The number of aryl methyl sites for hydroxylation is 1. The van der Waals surface area contributed by atoms with E-state index in [0.717, 1.165) is 17.9 Å². The van der Waals surface area contributed by atoms with E-state index in [-0.39, 0.29) is 0 Å². The SMILES string of the molecule is Cc1ocnc1Cc1ccccc1. The van der Waals surface area contributed by atoms with Gasteiger partial charge in [0, 0.05) is 6.42 Å². The number of aromatic nitrogens is 1. The highest BCUT2D eigenvalue weighted by Crippen LogP contribution is 2.10. The third-order valence-electron chi connectivity index (χ3n) is 2.06. The van der Waals surface area contributed by atoms with Gasteiger partial charge < -0.3 is 4.42 Å². The minimum Gasteiger partial charge on any atom is -0.449 e. The Morgan fingerprint density at radius 2 is 2.00 bits per heavy atom. The standard InChI is InChI=1S/C11H11NO/c1-9-11(12-8-13-9)7-10-5-3-2-4-6-10/h2-6,8H,7H2,1H3. The first-order valence-electron chi connectivity index (χ1n) is 4.29. The molecule has 0 aliphatic carbocycles. The summed E-state index contributed by atoms with van der Waals surface area (Å²) in [6.45, 7) is 1.94. The minimum atomic E-state index is 0.850. The highest BCUT2D eigenvalue weighted by atomic mass is 16.3. The molecule has 0 saturated carbocycles. The molecule has 2 nitrogen and oxygen atoms in total. The zero-order valence-electron chi connectivity index (χ0n) is 7.53. The van der Waals surface area contributed by atoms with E-state index in [1.54, 1.807) is 0 Å². The second kappa shape index (κ2) is 3.44. The fourth-order valence-electron chi connectivity index (χ4n) is 1.29. The second-order valence-corrected chi connectivity index (χ2v) is 3.02. The normalized spacial score (nSPS) is 10.2.